The molecule has 0 aliphatic carbocycles. The van der Waals surface area contributed by atoms with Gasteiger partial charge in [-0.15, -0.1) is 0 Å². The number of nitrogens with one attached hydrogen (secondary N) is 1. The number of ether oxygens (including phenoxy) is 2. The summed E-state index contributed by atoms with van der Waals surface area (Å²) < 4.78 is 11.7. The molecule has 3 heterocycles. The van der Waals surface area contributed by atoms with E-state index in [4.69, 9.17) is 9.47 Å². The Morgan fingerprint density at radius 3 is 2.55 bits per heavy atom. The Morgan fingerprint density at radius 1 is 1.17 bits per heavy atom. The molecule has 0 radical (unpaired) electrons. The molecule has 1 aromatic carbocycles. The Hall–Kier alpha value is -2.28. The lowest BCUT2D eigenvalue weighted by molar-refractivity contribution is -0.146. The SMILES string of the molecule is C[C@@H]1CCN(CCCOc2ccc(N3CCC4(CC3)CNC(=O)CO4)cc2)C1=O. The van der Waals surface area contributed by atoms with Crippen molar-refractivity contribution in [3.63, 3.8) is 0 Å². The zero-order chi connectivity index (χ0) is 20.3. The van der Waals surface area contributed by atoms with Gasteiger partial charge in [0.1, 0.15) is 12.4 Å². The van der Waals surface area contributed by atoms with E-state index in [1.54, 1.807) is 0 Å². The molecular weight excluding hydrogens is 370 g/mol. The quantitative estimate of drug-likeness (QED) is 0.736. The van der Waals surface area contributed by atoms with Gasteiger partial charge in [-0.25, -0.2) is 0 Å². The highest BCUT2D eigenvalue weighted by Crippen LogP contribution is 2.31. The number of rotatable bonds is 6. The van der Waals surface area contributed by atoms with Gasteiger partial charge >= 0.3 is 0 Å². The van der Waals surface area contributed by atoms with Crippen LogP contribution in [-0.4, -0.2) is 68.3 Å². The Balaban J connectivity index is 1.20. The Morgan fingerprint density at radius 2 is 1.93 bits per heavy atom. The van der Waals surface area contributed by atoms with Crippen molar-refractivity contribution in [3.05, 3.63) is 24.3 Å². The average Bonchev–Trinajstić information content (AvgIpc) is 3.07. The molecule has 7 nitrogen and oxygen atoms in total. The van der Waals surface area contributed by atoms with Crippen molar-refractivity contribution in [1.82, 2.24) is 10.2 Å². The number of carbonyl (C=O) groups is 2. The van der Waals surface area contributed by atoms with Gasteiger partial charge in [0.05, 0.1) is 12.2 Å². The Kier molecular flexibility index (Phi) is 5.94. The molecule has 158 valence electrons. The van der Waals surface area contributed by atoms with Gasteiger partial charge in [0.25, 0.3) is 0 Å². The second-order valence-electron chi connectivity index (χ2n) is 8.45. The summed E-state index contributed by atoms with van der Waals surface area (Å²) in [6.07, 6.45) is 3.66. The van der Waals surface area contributed by atoms with E-state index in [0.29, 0.717) is 13.2 Å². The number of carbonyl (C=O) groups excluding carboxylic acids is 2. The largest absolute Gasteiger partial charge is 0.494 e. The number of nitrogens with zero attached hydrogens (tertiary/aromatic N) is 2. The van der Waals surface area contributed by atoms with E-state index in [2.05, 4.69) is 22.3 Å². The first-order chi connectivity index (χ1) is 14.0. The molecule has 0 unspecified atom stereocenters. The maximum absolute atomic E-state index is 11.9. The summed E-state index contributed by atoms with van der Waals surface area (Å²) >= 11 is 0. The first-order valence-electron chi connectivity index (χ1n) is 10.7. The van der Waals surface area contributed by atoms with E-state index in [-0.39, 0.29) is 29.9 Å². The summed E-state index contributed by atoms with van der Waals surface area (Å²) in [6, 6.07) is 8.23. The molecule has 0 aromatic heterocycles. The van der Waals surface area contributed by atoms with Crippen molar-refractivity contribution in [1.29, 1.82) is 0 Å². The van der Waals surface area contributed by atoms with Gasteiger partial charge in [0, 0.05) is 44.3 Å². The molecule has 1 N–H and O–H groups in total. The fraction of sp³-hybridized carbons (Fsp3) is 0.636. The van der Waals surface area contributed by atoms with Crippen molar-refractivity contribution >= 4 is 17.5 Å². The van der Waals surface area contributed by atoms with Crippen LogP contribution in [0.15, 0.2) is 24.3 Å². The smallest absolute Gasteiger partial charge is 0.246 e. The molecule has 3 aliphatic rings. The lowest BCUT2D eigenvalue weighted by Crippen LogP contribution is -2.57. The van der Waals surface area contributed by atoms with Crippen LogP contribution in [0.2, 0.25) is 0 Å². The molecule has 3 fully saturated rings. The number of hydrogen-bond acceptors (Lipinski definition) is 5. The van der Waals surface area contributed by atoms with Gasteiger partial charge in [-0.3, -0.25) is 9.59 Å². The summed E-state index contributed by atoms with van der Waals surface area (Å²) in [7, 11) is 0. The number of likely N-dealkylation sites (tertiary alicyclic amines) is 1. The number of benzene rings is 1. The fourth-order valence-corrected chi connectivity index (χ4v) is 4.39. The average molecular weight is 402 g/mol. The molecule has 3 aliphatic heterocycles. The summed E-state index contributed by atoms with van der Waals surface area (Å²) in [5.41, 5.74) is 0.991. The maximum atomic E-state index is 11.9. The van der Waals surface area contributed by atoms with Crippen LogP contribution in [0, 0.1) is 5.92 Å². The van der Waals surface area contributed by atoms with Gasteiger partial charge in [-0.2, -0.15) is 0 Å². The van der Waals surface area contributed by atoms with Crippen LogP contribution < -0.4 is 15.0 Å². The third-order valence-corrected chi connectivity index (χ3v) is 6.40. The summed E-state index contributed by atoms with van der Waals surface area (Å²) in [5, 5.41) is 2.93. The third-order valence-electron chi connectivity index (χ3n) is 6.40. The molecule has 7 heteroatoms. The molecule has 4 rings (SSSR count). The van der Waals surface area contributed by atoms with Crippen LogP contribution in [0.4, 0.5) is 5.69 Å². The van der Waals surface area contributed by atoms with E-state index < -0.39 is 0 Å². The van der Waals surface area contributed by atoms with Crippen LogP contribution in [0.5, 0.6) is 5.75 Å². The second-order valence-corrected chi connectivity index (χ2v) is 8.45. The minimum atomic E-state index is -0.192. The standard InChI is InChI=1S/C22H31N3O4/c1-17-7-11-25(21(17)27)10-2-14-28-19-5-3-18(4-6-19)24-12-8-22(9-13-24)16-23-20(26)15-29-22/h3-6,17H,2,7-16H2,1H3,(H,23,26)/t17-/m1/s1. The van der Waals surface area contributed by atoms with Crippen LogP contribution >= 0.6 is 0 Å². The lowest BCUT2D eigenvalue weighted by Gasteiger charge is -2.44. The van der Waals surface area contributed by atoms with E-state index in [9.17, 15) is 9.59 Å². The molecule has 1 atom stereocenters. The molecule has 1 aromatic rings. The number of morpholine rings is 1. The Labute approximate surface area is 172 Å². The highest BCUT2D eigenvalue weighted by atomic mass is 16.5. The normalized spacial score (nSPS) is 24.1. The lowest BCUT2D eigenvalue weighted by atomic mass is 9.89. The van der Waals surface area contributed by atoms with Gasteiger partial charge < -0.3 is 24.6 Å². The van der Waals surface area contributed by atoms with E-state index >= 15 is 0 Å². The number of amides is 2. The minimum Gasteiger partial charge on any atom is -0.494 e. The molecule has 3 saturated heterocycles. The highest BCUT2D eigenvalue weighted by molar-refractivity contribution is 5.80. The molecule has 1 spiro atoms. The fourth-order valence-electron chi connectivity index (χ4n) is 4.39. The number of hydrogen-bond donors (Lipinski definition) is 1. The first kappa shape index (κ1) is 20.0. The topological polar surface area (TPSA) is 71.1 Å². The predicted molar refractivity (Wildman–Crippen MR) is 110 cm³/mol. The van der Waals surface area contributed by atoms with Crippen LogP contribution in [-0.2, 0) is 14.3 Å². The van der Waals surface area contributed by atoms with Crippen LogP contribution in [0.1, 0.15) is 32.6 Å². The van der Waals surface area contributed by atoms with Gasteiger partial charge in [0.2, 0.25) is 11.8 Å². The maximum Gasteiger partial charge on any atom is 0.246 e. The van der Waals surface area contributed by atoms with Gasteiger partial charge in [-0.1, -0.05) is 6.92 Å². The highest BCUT2D eigenvalue weighted by Gasteiger charge is 2.39. The molecule has 2 amide bonds. The zero-order valence-electron chi connectivity index (χ0n) is 17.2. The van der Waals surface area contributed by atoms with Gasteiger partial charge in [-0.05, 0) is 49.9 Å². The first-order valence-corrected chi connectivity index (χ1v) is 10.7. The summed E-state index contributed by atoms with van der Waals surface area (Å²) in [4.78, 5) is 27.5. The predicted octanol–water partition coefficient (Wildman–Crippen LogP) is 1.81. The van der Waals surface area contributed by atoms with E-state index in [1.807, 2.05) is 24.0 Å². The van der Waals surface area contributed by atoms with Crippen molar-refractivity contribution in [2.24, 2.45) is 5.92 Å². The third kappa shape index (κ3) is 4.66. The van der Waals surface area contributed by atoms with Crippen molar-refractivity contribution < 1.29 is 19.1 Å². The molecular formula is C22H31N3O4. The van der Waals surface area contributed by atoms with Crippen molar-refractivity contribution in [2.45, 2.75) is 38.2 Å². The monoisotopic (exact) mass is 401 g/mol. The van der Waals surface area contributed by atoms with Crippen molar-refractivity contribution in [2.75, 3.05) is 50.8 Å². The van der Waals surface area contributed by atoms with Crippen LogP contribution in [0.3, 0.4) is 0 Å². The molecule has 29 heavy (non-hydrogen) atoms. The number of anilines is 1. The summed E-state index contributed by atoms with van der Waals surface area (Å²) in [6.45, 7) is 6.90. The second kappa shape index (κ2) is 8.61. The van der Waals surface area contributed by atoms with E-state index in [0.717, 1.165) is 57.6 Å². The Bertz CT molecular complexity index is 716. The number of piperidine rings is 1. The minimum absolute atomic E-state index is 0.0183. The van der Waals surface area contributed by atoms with E-state index in [1.165, 1.54) is 5.69 Å². The summed E-state index contributed by atoms with van der Waals surface area (Å²) in [5.74, 6) is 1.30. The van der Waals surface area contributed by atoms with Crippen LogP contribution in [0.25, 0.3) is 0 Å². The zero-order valence-corrected chi connectivity index (χ0v) is 17.2. The van der Waals surface area contributed by atoms with Crippen molar-refractivity contribution in [3.8, 4) is 5.75 Å². The molecule has 0 saturated carbocycles. The molecule has 0 bridgehead atoms. The van der Waals surface area contributed by atoms with Gasteiger partial charge in [0.15, 0.2) is 0 Å².